The van der Waals surface area contributed by atoms with Crippen LogP contribution in [0.5, 0.6) is 0 Å². The third-order valence-electron chi connectivity index (χ3n) is 3.51. The summed E-state index contributed by atoms with van der Waals surface area (Å²) in [6.45, 7) is 1.28. The number of hydrogen-bond acceptors (Lipinski definition) is 3. The third-order valence-corrected chi connectivity index (χ3v) is 7.23. The van der Waals surface area contributed by atoms with E-state index in [2.05, 4.69) is 0 Å². The molecule has 2 aliphatic rings. The van der Waals surface area contributed by atoms with Crippen LogP contribution in [0, 0.1) is 0 Å². The zero-order chi connectivity index (χ0) is 13.2. The van der Waals surface area contributed by atoms with E-state index in [0.29, 0.717) is 37.0 Å². The summed E-state index contributed by atoms with van der Waals surface area (Å²) in [6.07, 6.45) is 2.77. The van der Waals surface area contributed by atoms with Crippen LogP contribution in [0.25, 0.3) is 0 Å². The van der Waals surface area contributed by atoms with Crippen LogP contribution in [0.1, 0.15) is 19.3 Å². The molecule has 0 aromatic rings. The van der Waals surface area contributed by atoms with Gasteiger partial charge in [-0.25, -0.2) is 0 Å². The predicted octanol–water partition coefficient (Wildman–Crippen LogP) is 0.389. The second kappa shape index (κ2) is 6.17. The van der Waals surface area contributed by atoms with Gasteiger partial charge >= 0.3 is 0 Å². The Labute approximate surface area is 116 Å². The number of halogens is 1. The molecule has 8 heteroatoms. The Morgan fingerprint density at radius 2 is 1.83 bits per heavy atom. The van der Waals surface area contributed by atoms with E-state index in [1.54, 1.807) is 0 Å². The Bertz CT molecular complexity index is 405. The summed E-state index contributed by atoms with van der Waals surface area (Å²) >= 11 is 5.87. The van der Waals surface area contributed by atoms with Crippen LogP contribution >= 0.6 is 11.6 Å². The quantitative estimate of drug-likeness (QED) is 0.708. The first kappa shape index (κ1) is 14.7. The molecule has 0 aromatic heterocycles. The minimum Gasteiger partial charge on any atom is -0.259 e. The van der Waals surface area contributed by atoms with Gasteiger partial charge in [0.05, 0.1) is 0 Å². The molecule has 0 bridgehead atoms. The maximum absolute atomic E-state index is 12.5. The molecule has 1 unspecified atom stereocenters. The fourth-order valence-electron chi connectivity index (χ4n) is 2.43. The summed E-state index contributed by atoms with van der Waals surface area (Å²) in [5.74, 6) is 1.23. The van der Waals surface area contributed by atoms with Crippen LogP contribution in [0.4, 0.5) is 0 Å². The summed E-state index contributed by atoms with van der Waals surface area (Å²) in [7, 11) is -4.28. The summed E-state index contributed by atoms with van der Waals surface area (Å²) in [4.78, 5) is 0. The van der Waals surface area contributed by atoms with Crippen LogP contribution in [0.2, 0.25) is 0 Å². The van der Waals surface area contributed by atoms with Crippen molar-refractivity contribution < 1.29 is 12.6 Å². The summed E-state index contributed by atoms with van der Waals surface area (Å²) in [5.41, 5.74) is 0. The molecule has 2 saturated heterocycles. The van der Waals surface area contributed by atoms with Crippen LogP contribution in [0.3, 0.4) is 0 Å². The van der Waals surface area contributed by atoms with Gasteiger partial charge in [0.25, 0.3) is 10.2 Å². The van der Waals surface area contributed by atoms with Gasteiger partial charge in [-0.3, -0.25) is 4.21 Å². The maximum atomic E-state index is 12.5. The molecule has 2 fully saturated rings. The van der Waals surface area contributed by atoms with Crippen LogP contribution in [-0.2, 0) is 21.0 Å². The lowest BCUT2D eigenvalue weighted by atomic mass is 10.1. The van der Waals surface area contributed by atoms with Crippen LogP contribution < -0.4 is 0 Å². The maximum Gasteiger partial charge on any atom is 0.282 e. The SMILES string of the molecule is O=S1CCN(S(=O)(=O)N2CCCCC2CCl)CC1. The van der Waals surface area contributed by atoms with Crippen molar-refractivity contribution in [3.05, 3.63) is 0 Å². The lowest BCUT2D eigenvalue weighted by Crippen LogP contribution is -2.54. The zero-order valence-corrected chi connectivity index (χ0v) is 12.6. The van der Waals surface area contributed by atoms with Crippen molar-refractivity contribution in [2.24, 2.45) is 0 Å². The molecular weight excluding hydrogens is 296 g/mol. The highest BCUT2D eigenvalue weighted by molar-refractivity contribution is 7.87. The predicted molar refractivity (Wildman–Crippen MR) is 73.4 cm³/mol. The second-order valence-corrected chi connectivity index (χ2v) is 8.56. The molecule has 2 aliphatic heterocycles. The van der Waals surface area contributed by atoms with Crippen LogP contribution in [-0.4, -0.2) is 64.3 Å². The molecule has 0 spiro atoms. The molecule has 1 atom stereocenters. The molecule has 0 radical (unpaired) electrons. The van der Waals surface area contributed by atoms with Gasteiger partial charge in [-0.15, -0.1) is 11.6 Å². The van der Waals surface area contributed by atoms with Crippen LogP contribution in [0.15, 0.2) is 0 Å². The molecule has 0 amide bonds. The van der Waals surface area contributed by atoms with Gasteiger partial charge < -0.3 is 0 Å². The van der Waals surface area contributed by atoms with Crippen molar-refractivity contribution in [1.82, 2.24) is 8.61 Å². The van der Waals surface area contributed by atoms with Gasteiger partial charge in [0, 0.05) is 53.9 Å². The summed E-state index contributed by atoms with van der Waals surface area (Å²) < 4.78 is 39.3. The normalized spacial score (nSPS) is 29.5. The van der Waals surface area contributed by atoms with E-state index in [0.717, 1.165) is 19.3 Å². The highest BCUT2D eigenvalue weighted by atomic mass is 35.5. The van der Waals surface area contributed by atoms with Crippen molar-refractivity contribution in [2.45, 2.75) is 25.3 Å². The molecule has 5 nitrogen and oxygen atoms in total. The lowest BCUT2D eigenvalue weighted by Gasteiger charge is -2.38. The van der Waals surface area contributed by atoms with E-state index in [4.69, 9.17) is 11.6 Å². The Kier molecular flexibility index (Phi) is 5.05. The zero-order valence-electron chi connectivity index (χ0n) is 10.3. The monoisotopic (exact) mass is 314 g/mol. The number of alkyl halides is 1. The highest BCUT2D eigenvalue weighted by Gasteiger charge is 2.37. The first-order valence-corrected chi connectivity index (χ1v) is 9.65. The molecule has 2 heterocycles. The Hall–Kier alpha value is 0.310. The molecule has 0 N–H and O–H groups in total. The van der Waals surface area contributed by atoms with Crippen molar-refractivity contribution in [3.63, 3.8) is 0 Å². The Balaban J connectivity index is 2.11. The van der Waals surface area contributed by atoms with Gasteiger partial charge in [0.1, 0.15) is 0 Å². The fourth-order valence-corrected chi connectivity index (χ4v) is 5.98. The molecule has 106 valence electrons. The molecular formula is C10H19ClN2O3S2. The standard InChI is InChI=1S/C10H19ClN2O3S2/c11-9-10-3-1-2-4-13(10)18(15,16)12-5-7-17(14)8-6-12/h10H,1-9H2. The van der Waals surface area contributed by atoms with E-state index in [1.807, 2.05) is 0 Å². The average molecular weight is 315 g/mol. The smallest absolute Gasteiger partial charge is 0.259 e. The molecule has 0 aliphatic carbocycles. The van der Waals surface area contributed by atoms with Crippen molar-refractivity contribution in [2.75, 3.05) is 37.0 Å². The molecule has 18 heavy (non-hydrogen) atoms. The molecule has 2 rings (SSSR count). The summed E-state index contributed by atoms with van der Waals surface area (Å²) in [5, 5.41) is 0. The minimum atomic E-state index is -3.42. The Morgan fingerprint density at radius 3 is 2.44 bits per heavy atom. The van der Waals surface area contributed by atoms with Gasteiger partial charge in [-0.05, 0) is 12.8 Å². The van der Waals surface area contributed by atoms with Gasteiger partial charge in [-0.2, -0.15) is 17.0 Å². The van der Waals surface area contributed by atoms with Gasteiger partial charge in [0.15, 0.2) is 0 Å². The van der Waals surface area contributed by atoms with Crippen molar-refractivity contribution in [3.8, 4) is 0 Å². The van der Waals surface area contributed by atoms with Crippen molar-refractivity contribution in [1.29, 1.82) is 0 Å². The van der Waals surface area contributed by atoms with E-state index < -0.39 is 21.0 Å². The highest BCUT2D eigenvalue weighted by Crippen LogP contribution is 2.24. The largest absolute Gasteiger partial charge is 0.282 e. The van der Waals surface area contributed by atoms with E-state index >= 15 is 0 Å². The number of hydrogen-bond donors (Lipinski definition) is 0. The average Bonchev–Trinajstić information content (AvgIpc) is 2.39. The van der Waals surface area contributed by atoms with E-state index in [9.17, 15) is 12.6 Å². The number of rotatable bonds is 3. The van der Waals surface area contributed by atoms with E-state index in [1.165, 1.54) is 8.61 Å². The Morgan fingerprint density at radius 1 is 1.17 bits per heavy atom. The van der Waals surface area contributed by atoms with Crippen molar-refractivity contribution >= 4 is 32.6 Å². The first-order valence-electron chi connectivity index (χ1n) is 6.23. The first-order chi connectivity index (χ1) is 8.55. The fraction of sp³-hybridized carbons (Fsp3) is 1.00. The molecule has 0 aromatic carbocycles. The number of nitrogens with zero attached hydrogens (tertiary/aromatic N) is 2. The third kappa shape index (κ3) is 3.07. The summed E-state index contributed by atoms with van der Waals surface area (Å²) in [6, 6.07) is -0.0853. The molecule has 0 saturated carbocycles. The second-order valence-electron chi connectivity index (χ2n) is 4.67. The topological polar surface area (TPSA) is 57.7 Å². The van der Waals surface area contributed by atoms with Gasteiger partial charge in [0.2, 0.25) is 0 Å². The van der Waals surface area contributed by atoms with E-state index in [-0.39, 0.29) is 6.04 Å². The lowest BCUT2D eigenvalue weighted by molar-refractivity contribution is 0.249. The van der Waals surface area contributed by atoms with Gasteiger partial charge in [-0.1, -0.05) is 6.42 Å². The number of piperidine rings is 1. The minimum absolute atomic E-state index is 0.0853.